The molecule has 0 bridgehead atoms. The molecule has 0 aliphatic carbocycles. The number of para-hydroxylation sites is 1. The molecule has 4 nitrogen and oxygen atoms in total. The zero-order valence-corrected chi connectivity index (χ0v) is 10.6. The maximum atomic E-state index is 9.13. The third kappa shape index (κ3) is 2.13. The van der Waals surface area contributed by atoms with Crippen molar-refractivity contribution in [2.24, 2.45) is 0 Å². The van der Waals surface area contributed by atoms with E-state index in [2.05, 4.69) is 11.1 Å². The highest BCUT2D eigenvalue weighted by molar-refractivity contribution is 5.84. The molecule has 0 spiro atoms. The molecule has 96 valence electrons. The molecule has 0 unspecified atom stereocenters. The van der Waals surface area contributed by atoms with E-state index in [9.17, 15) is 0 Å². The number of pyridine rings is 1. The molecule has 0 atom stereocenters. The number of anilines is 1. The van der Waals surface area contributed by atoms with Gasteiger partial charge in [-0.2, -0.15) is 5.26 Å². The van der Waals surface area contributed by atoms with Crippen LogP contribution in [0.25, 0.3) is 10.9 Å². The predicted octanol–water partition coefficient (Wildman–Crippen LogP) is 3.48. The summed E-state index contributed by atoms with van der Waals surface area (Å²) in [5.41, 5.74) is 7.36. The van der Waals surface area contributed by atoms with Crippen LogP contribution >= 0.6 is 0 Å². The molecule has 0 saturated carbocycles. The lowest BCUT2D eigenvalue weighted by Crippen LogP contribution is -1.92. The monoisotopic (exact) mass is 261 g/mol. The third-order valence-corrected chi connectivity index (χ3v) is 2.94. The molecule has 3 aromatic rings. The normalized spacial score (nSPS) is 10.2. The molecule has 0 aliphatic rings. The van der Waals surface area contributed by atoms with Gasteiger partial charge in [0.05, 0.1) is 5.56 Å². The Kier molecular flexibility index (Phi) is 2.94. The molecule has 0 aliphatic heterocycles. The van der Waals surface area contributed by atoms with Crippen molar-refractivity contribution in [3.05, 3.63) is 60.3 Å². The van der Waals surface area contributed by atoms with Crippen LogP contribution in [-0.2, 0) is 0 Å². The summed E-state index contributed by atoms with van der Waals surface area (Å²) in [6, 6.07) is 16.6. The topological polar surface area (TPSA) is 71.9 Å². The average Bonchev–Trinajstić information content (AvgIpc) is 2.49. The fourth-order valence-electron chi connectivity index (χ4n) is 2.00. The van der Waals surface area contributed by atoms with Crippen LogP contribution in [0.5, 0.6) is 11.5 Å². The average molecular weight is 261 g/mol. The fourth-order valence-corrected chi connectivity index (χ4v) is 2.00. The minimum atomic E-state index is 0.401. The summed E-state index contributed by atoms with van der Waals surface area (Å²) in [6.45, 7) is 0. The van der Waals surface area contributed by atoms with Crippen LogP contribution in [0, 0.1) is 11.3 Å². The molecule has 2 aromatic carbocycles. The second-order valence-corrected chi connectivity index (χ2v) is 4.30. The summed E-state index contributed by atoms with van der Waals surface area (Å²) in [5, 5.41) is 10.1. The van der Waals surface area contributed by atoms with Gasteiger partial charge in [-0.25, -0.2) is 0 Å². The van der Waals surface area contributed by atoms with E-state index in [0.29, 0.717) is 22.7 Å². The van der Waals surface area contributed by atoms with Crippen LogP contribution in [-0.4, -0.2) is 4.98 Å². The Morgan fingerprint density at radius 3 is 2.75 bits per heavy atom. The van der Waals surface area contributed by atoms with E-state index >= 15 is 0 Å². The quantitative estimate of drug-likeness (QED) is 0.717. The third-order valence-electron chi connectivity index (χ3n) is 2.94. The predicted molar refractivity (Wildman–Crippen MR) is 77.4 cm³/mol. The van der Waals surface area contributed by atoms with Crippen LogP contribution in [0.2, 0.25) is 0 Å². The van der Waals surface area contributed by atoms with Crippen molar-refractivity contribution in [2.45, 2.75) is 0 Å². The lowest BCUT2D eigenvalue weighted by molar-refractivity contribution is 0.485. The Hall–Kier alpha value is -3.06. The van der Waals surface area contributed by atoms with Gasteiger partial charge in [0.1, 0.15) is 17.3 Å². The van der Waals surface area contributed by atoms with Gasteiger partial charge >= 0.3 is 0 Å². The number of rotatable bonds is 2. The summed E-state index contributed by atoms with van der Waals surface area (Å²) in [5.74, 6) is 1.09. The standard InChI is InChI=1S/C16H11N3O/c17-10-12-9-13(18)6-7-14(12)20-15-5-1-3-11-4-2-8-19-16(11)15/h1-9H,18H2. The first-order valence-corrected chi connectivity index (χ1v) is 6.09. The Bertz CT molecular complexity index is 816. The molecular weight excluding hydrogens is 250 g/mol. The van der Waals surface area contributed by atoms with Crippen molar-refractivity contribution in [3.8, 4) is 17.6 Å². The molecule has 20 heavy (non-hydrogen) atoms. The molecule has 1 aromatic heterocycles. The number of nitrogen functional groups attached to an aromatic ring is 1. The van der Waals surface area contributed by atoms with Gasteiger partial charge in [-0.05, 0) is 30.3 Å². The molecule has 0 radical (unpaired) electrons. The van der Waals surface area contributed by atoms with Gasteiger partial charge < -0.3 is 10.5 Å². The number of benzene rings is 2. The SMILES string of the molecule is N#Cc1cc(N)ccc1Oc1cccc2cccnc12. The molecule has 2 N–H and O–H groups in total. The smallest absolute Gasteiger partial charge is 0.153 e. The van der Waals surface area contributed by atoms with E-state index in [0.717, 1.165) is 10.9 Å². The Morgan fingerprint density at radius 1 is 1.05 bits per heavy atom. The molecule has 1 heterocycles. The Labute approximate surface area is 116 Å². The second-order valence-electron chi connectivity index (χ2n) is 4.30. The highest BCUT2D eigenvalue weighted by Gasteiger charge is 2.08. The van der Waals surface area contributed by atoms with E-state index in [1.807, 2.05) is 30.3 Å². The number of fused-ring (bicyclic) bond motifs is 1. The second kappa shape index (κ2) is 4.90. The van der Waals surface area contributed by atoms with Crippen molar-refractivity contribution in [3.63, 3.8) is 0 Å². The number of nitrogens with two attached hydrogens (primary N) is 1. The highest BCUT2D eigenvalue weighted by Crippen LogP contribution is 2.30. The van der Waals surface area contributed by atoms with Gasteiger partial charge in [0.2, 0.25) is 0 Å². The number of nitrogens with zero attached hydrogens (tertiary/aromatic N) is 2. The highest BCUT2D eigenvalue weighted by atomic mass is 16.5. The fraction of sp³-hybridized carbons (Fsp3) is 0. The number of hydrogen-bond acceptors (Lipinski definition) is 4. The van der Waals surface area contributed by atoms with Gasteiger partial charge in [0.25, 0.3) is 0 Å². The zero-order valence-electron chi connectivity index (χ0n) is 10.6. The summed E-state index contributed by atoms with van der Waals surface area (Å²) in [4.78, 5) is 4.32. The number of hydrogen-bond donors (Lipinski definition) is 1. The van der Waals surface area contributed by atoms with E-state index in [1.165, 1.54) is 0 Å². The molecule has 4 heteroatoms. The largest absolute Gasteiger partial charge is 0.454 e. The molecule has 0 saturated heterocycles. The molecule has 0 amide bonds. The van der Waals surface area contributed by atoms with Crippen LogP contribution in [0.4, 0.5) is 5.69 Å². The Balaban J connectivity index is 2.08. The van der Waals surface area contributed by atoms with Crippen molar-refractivity contribution in [1.29, 1.82) is 5.26 Å². The zero-order chi connectivity index (χ0) is 13.9. The first-order chi connectivity index (χ1) is 9.78. The lowest BCUT2D eigenvalue weighted by Gasteiger charge is -2.09. The molecule has 3 rings (SSSR count). The number of ether oxygens (including phenoxy) is 1. The summed E-state index contributed by atoms with van der Waals surface area (Å²) < 4.78 is 5.83. The van der Waals surface area contributed by atoms with E-state index < -0.39 is 0 Å². The van der Waals surface area contributed by atoms with Gasteiger partial charge in [-0.3, -0.25) is 4.98 Å². The minimum absolute atomic E-state index is 0.401. The van der Waals surface area contributed by atoms with E-state index in [1.54, 1.807) is 24.4 Å². The van der Waals surface area contributed by atoms with E-state index in [-0.39, 0.29) is 0 Å². The van der Waals surface area contributed by atoms with Gasteiger partial charge in [0, 0.05) is 17.3 Å². The van der Waals surface area contributed by atoms with Crippen molar-refractivity contribution >= 4 is 16.6 Å². The van der Waals surface area contributed by atoms with Crippen LogP contribution in [0.1, 0.15) is 5.56 Å². The summed E-state index contributed by atoms with van der Waals surface area (Å²) in [6.07, 6.45) is 1.71. The van der Waals surface area contributed by atoms with Crippen molar-refractivity contribution in [1.82, 2.24) is 4.98 Å². The van der Waals surface area contributed by atoms with Crippen LogP contribution < -0.4 is 10.5 Å². The molecule has 0 fully saturated rings. The Morgan fingerprint density at radius 2 is 1.90 bits per heavy atom. The first kappa shape index (κ1) is 12.0. The summed E-state index contributed by atoms with van der Waals surface area (Å²) >= 11 is 0. The van der Waals surface area contributed by atoms with Crippen molar-refractivity contribution in [2.75, 3.05) is 5.73 Å². The minimum Gasteiger partial charge on any atom is -0.454 e. The van der Waals surface area contributed by atoms with Crippen LogP contribution in [0.15, 0.2) is 54.7 Å². The maximum Gasteiger partial charge on any atom is 0.153 e. The summed E-state index contributed by atoms with van der Waals surface area (Å²) in [7, 11) is 0. The van der Waals surface area contributed by atoms with E-state index in [4.69, 9.17) is 15.7 Å². The van der Waals surface area contributed by atoms with Gasteiger partial charge in [0.15, 0.2) is 5.75 Å². The molecular formula is C16H11N3O. The maximum absolute atomic E-state index is 9.13. The number of nitriles is 1. The lowest BCUT2D eigenvalue weighted by atomic mass is 10.2. The van der Waals surface area contributed by atoms with Gasteiger partial charge in [-0.1, -0.05) is 18.2 Å². The number of aromatic nitrogens is 1. The van der Waals surface area contributed by atoms with Gasteiger partial charge in [-0.15, -0.1) is 0 Å². The van der Waals surface area contributed by atoms with Crippen molar-refractivity contribution < 1.29 is 4.74 Å². The first-order valence-electron chi connectivity index (χ1n) is 6.09. The van der Waals surface area contributed by atoms with Crippen LogP contribution in [0.3, 0.4) is 0 Å².